The SMILES string of the molecule is O=C(CCCl)c1ccccc1F. The van der Waals surface area contributed by atoms with Crippen molar-refractivity contribution in [3.05, 3.63) is 35.6 Å². The third kappa shape index (κ3) is 2.05. The number of rotatable bonds is 3. The summed E-state index contributed by atoms with van der Waals surface area (Å²) in [6, 6.07) is 5.91. The highest BCUT2D eigenvalue weighted by Crippen LogP contribution is 2.09. The monoisotopic (exact) mass is 186 g/mol. The maximum absolute atomic E-state index is 12.9. The van der Waals surface area contributed by atoms with Crippen LogP contribution in [0.2, 0.25) is 0 Å². The summed E-state index contributed by atoms with van der Waals surface area (Å²) in [6.45, 7) is 0. The third-order valence-corrected chi connectivity index (χ3v) is 1.68. The largest absolute Gasteiger partial charge is 0.294 e. The molecule has 1 rings (SSSR count). The molecule has 64 valence electrons. The van der Waals surface area contributed by atoms with E-state index in [9.17, 15) is 9.18 Å². The van der Waals surface area contributed by atoms with Crippen molar-refractivity contribution in [2.24, 2.45) is 0 Å². The molecular weight excluding hydrogens is 179 g/mol. The van der Waals surface area contributed by atoms with Gasteiger partial charge in [0.05, 0.1) is 5.56 Å². The molecule has 0 radical (unpaired) electrons. The average Bonchev–Trinajstić information content (AvgIpc) is 2.05. The molecule has 0 aliphatic carbocycles. The van der Waals surface area contributed by atoms with Crippen LogP contribution in [-0.4, -0.2) is 11.7 Å². The Morgan fingerprint density at radius 1 is 1.42 bits per heavy atom. The molecule has 0 unspecified atom stereocenters. The maximum Gasteiger partial charge on any atom is 0.167 e. The lowest BCUT2D eigenvalue weighted by molar-refractivity contribution is 0.0985. The van der Waals surface area contributed by atoms with E-state index >= 15 is 0 Å². The van der Waals surface area contributed by atoms with Crippen LogP contribution in [0.1, 0.15) is 16.8 Å². The Morgan fingerprint density at radius 2 is 2.08 bits per heavy atom. The fraction of sp³-hybridized carbons (Fsp3) is 0.222. The fourth-order valence-corrected chi connectivity index (χ4v) is 1.08. The normalized spacial score (nSPS) is 9.83. The van der Waals surface area contributed by atoms with Gasteiger partial charge < -0.3 is 0 Å². The van der Waals surface area contributed by atoms with Crippen molar-refractivity contribution in [2.45, 2.75) is 6.42 Å². The van der Waals surface area contributed by atoms with E-state index in [0.29, 0.717) is 0 Å². The molecule has 12 heavy (non-hydrogen) atoms. The molecule has 0 heterocycles. The van der Waals surface area contributed by atoms with Crippen molar-refractivity contribution in [3.63, 3.8) is 0 Å². The van der Waals surface area contributed by atoms with Gasteiger partial charge in [0.15, 0.2) is 5.78 Å². The summed E-state index contributed by atoms with van der Waals surface area (Å²) < 4.78 is 12.9. The van der Waals surface area contributed by atoms with E-state index in [4.69, 9.17) is 11.6 Å². The predicted octanol–water partition coefficient (Wildman–Crippen LogP) is 2.64. The van der Waals surface area contributed by atoms with Crippen LogP contribution in [0, 0.1) is 5.82 Å². The number of alkyl halides is 1. The van der Waals surface area contributed by atoms with Gasteiger partial charge in [0.1, 0.15) is 5.82 Å². The second-order valence-electron chi connectivity index (χ2n) is 2.34. The van der Waals surface area contributed by atoms with Crippen LogP contribution in [0.4, 0.5) is 4.39 Å². The fourth-order valence-electron chi connectivity index (χ4n) is 0.908. The zero-order valence-corrected chi connectivity index (χ0v) is 7.14. The lowest BCUT2D eigenvalue weighted by Crippen LogP contribution is -2.02. The third-order valence-electron chi connectivity index (χ3n) is 1.50. The van der Waals surface area contributed by atoms with E-state index in [1.807, 2.05) is 0 Å². The van der Waals surface area contributed by atoms with Crippen molar-refractivity contribution in [2.75, 3.05) is 5.88 Å². The maximum atomic E-state index is 12.9. The number of halogens is 2. The Balaban J connectivity index is 2.87. The van der Waals surface area contributed by atoms with E-state index in [0.717, 1.165) is 0 Å². The average molecular weight is 187 g/mol. The van der Waals surface area contributed by atoms with Crippen LogP contribution < -0.4 is 0 Å². The van der Waals surface area contributed by atoms with E-state index in [2.05, 4.69) is 0 Å². The number of hydrogen-bond acceptors (Lipinski definition) is 1. The van der Waals surface area contributed by atoms with Crippen molar-refractivity contribution in [1.29, 1.82) is 0 Å². The van der Waals surface area contributed by atoms with Crippen molar-refractivity contribution in [1.82, 2.24) is 0 Å². The Bertz CT molecular complexity index is 286. The van der Waals surface area contributed by atoms with Crippen LogP contribution in [-0.2, 0) is 0 Å². The Kier molecular flexibility index (Phi) is 3.23. The van der Waals surface area contributed by atoms with E-state index < -0.39 is 5.82 Å². The number of hydrogen-bond donors (Lipinski definition) is 0. The van der Waals surface area contributed by atoms with E-state index in [1.165, 1.54) is 12.1 Å². The number of ketones is 1. The van der Waals surface area contributed by atoms with Crippen LogP contribution in [0.3, 0.4) is 0 Å². The first kappa shape index (κ1) is 9.20. The molecule has 0 spiro atoms. The molecule has 0 aliphatic heterocycles. The first-order valence-corrected chi connectivity index (χ1v) is 4.13. The van der Waals surface area contributed by atoms with Gasteiger partial charge in [-0.15, -0.1) is 11.6 Å². The number of carbonyl (C=O) groups is 1. The lowest BCUT2D eigenvalue weighted by Gasteiger charge is -1.98. The smallest absolute Gasteiger partial charge is 0.167 e. The molecule has 0 N–H and O–H groups in total. The molecular formula is C9H8ClFO. The predicted molar refractivity (Wildman–Crippen MR) is 46.1 cm³/mol. The quantitative estimate of drug-likeness (QED) is 0.524. The Hall–Kier alpha value is -0.890. The summed E-state index contributed by atoms with van der Waals surface area (Å²) in [6.07, 6.45) is 0.183. The van der Waals surface area contributed by atoms with Crippen LogP contribution in [0.15, 0.2) is 24.3 Å². The molecule has 0 aromatic heterocycles. The Labute approximate surface area is 75.2 Å². The summed E-state index contributed by atoms with van der Waals surface area (Å²) in [4.78, 5) is 11.1. The number of benzene rings is 1. The van der Waals surface area contributed by atoms with Gasteiger partial charge >= 0.3 is 0 Å². The molecule has 0 saturated heterocycles. The minimum absolute atomic E-state index is 0.123. The molecule has 0 saturated carbocycles. The lowest BCUT2D eigenvalue weighted by atomic mass is 10.1. The molecule has 1 nitrogen and oxygen atoms in total. The summed E-state index contributed by atoms with van der Waals surface area (Å²) >= 11 is 5.36. The van der Waals surface area contributed by atoms with Gasteiger partial charge in [-0.25, -0.2) is 4.39 Å². The van der Waals surface area contributed by atoms with E-state index in [-0.39, 0.29) is 23.6 Å². The van der Waals surface area contributed by atoms with E-state index in [1.54, 1.807) is 12.1 Å². The zero-order chi connectivity index (χ0) is 8.97. The van der Waals surface area contributed by atoms with Gasteiger partial charge in [-0.2, -0.15) is 0 Å². The summed E-state index contributed by atoms with van der Waals surface area (Å²) in [5.74, 6) is -0.497. The summed E-state index contributed by atoms with van der Waals surface area (Å²) in [5.41, 5.74) is 0.123. The summed E-state index contributed by atoms with van der Waals surface area (Å²) in [7, 11) is 0. The van der Waals surface area contributed by atoms with Gasteiger partial charge in [0, 0.05) is 12.3 Å². The molecule has 0 fully saturated rings. The van der Waals surface area contributed by atoms with Crippen molar-refractivity contribution < 1.29 is 9.18 Å². The highest BCUT2D eigenvalue weighted by molar-refractivity contribution is 6.19. The number of Topliss-reactive ketones (excluding diaryl/α,β-unsaturated/α-hetero) is 1. The molecule has 0 atom stereocenters. The van der Waals surface area contributed by atoms with Crippen LogP contribution in [0.25, 0.3) is 0 Å². The second-order valence-corrected chi connectivity index (χ2v) is 2.72. The van der Waals surface area contributed by atoms with Gasteiger partial charge in [-0.05, 0) is 12.1 Å². The van der Waals surface area contributed by atoms with Gasteiger partial charge in [0.25, 0.3) is 0 Å². The van der Waals surface area contributed by atoms with Gasteiger partial charge in [-0.3, -0.25) is 4.79 Å². The van der Waals surface area contributed by atoms with Crippen molar-refractivity contribution in [3.8, 4) is 0 Å². The highest BCUT2D eigenvalue weighted by atomic mass is 35.5. The molecule has 1 aromatic rings. The molecule has 0 bridgehead atoms. The first-order valence-electron chi connectivity index (χ1n) is 3.59. The molecule has 3 heteroatoms. The number of carbonyl (C=O) groups excluding carboxylic acids is 1. The zero-order valence-electron chi connectivity index (χ0n) is 6.39. The van der Waals surface area contributed by atoms with Gasteiger partial charge in [0.2, 0.25) is 0 Å². The van der Waals surface area contributed by atoms with Gasteiger partial charge in [-0.1, -0.05) is 12.1 Å². The minimum Gasteiger partial charge on any atom is -0.294 e. The highest BCUT2D eigenvalue weighted by Gasteiger charge is 2.08. The van der Waals surface area contributed by atoms with Crippen LogP contribution in [0.5, 0.6) is 0 Å². The first-order chi connectivity index (χ1) is 5.75. The standard InChI is InChI=1S/C9H8ClFO/c10-6-5-9(12)7-3-1-2-4-8(7)11/h1-4H,5-6H2. The van der Waals surface area contributed by atoms with Crippen molar-refractivity contribution >= 4 is 17.4 Å². The molecule has 0 aliphatic rings. The molecule has 0 amide bonds. The topological polar surface area (TPSA) is 17.1 Å². The molecule has 1 aromatic carbocycles. The second kappa shape index (κ2) is 4.21. The van der Waals surface area contributed by atoms with Crippen LogP contribution >= 0.6 is 11.6 Å². The minimum atomic E-state index is -0.479. The Morgan fingerprint density at radius 3 is 2.67 bits per heavy atom. The summed E-state index contributed by atoms with van der Waals surface area (Å²) in [5, 5.41) is 0.